The van der Waals surface area contributed by atoms with Crippen LogP contribution in [0.25, 0.3) is 67.0 Å². The van der Waals surface area contributed by atoms with Gasteiger partial charge >= 0.3 is 0 Å². The third-order valence-electron chi connectivity index (χ3n) is 25.8. The zero-order valence-electron chi connectivity index (χ0n) is 84.0. The highest BCUT2D eigenvalue weighted by molar-refractivity contribution is 14.1. The van der Waals surface area contributed by atoms with Crippen molar-refractivity contribution in [2.24, 2.45) is 5.92 Å². The van der Waals surface area contributed by atoms with Crippen molar-refractivity contribution in [2.75, 3.05) is 145 Å². The fourth-order valence-corrected chi connectivity index (χ4v) is 24.9. The summed E-state index contributed by atoms with van der Waals surface area (Å²) in [4.78, 5) is 80.1. The molecule has 43 nitrogen and oxygen atoms in total. The Morgan fingerprint density at radius 1 is 0.361 bits per heavy atom. The summed E-state index contributed by atoms with van der Waals surface area (Å²) < 4.78 is 52.2. The van der Waals surface area contributed by atoms with Crippen molar-refractivity contribution in [3.63, 3.8) is 0 Å². The third kappa shape index (κ3) is 27.2. The second kappa shape index (κ2) is 47.1. The minimum atomic E-state index is -2.18. The Labute approximate surface area is 860 Å². The van der Waals surface area contributed by atoms with E-state index in [-0.39, 0.29) is 51.7 Å². The SMILES string of the molecule is C=P(C)(C)CC[C@H]1OC(n2cnc3c(N)ccnc32)[C@H](Br)[C@@H]1O.C=P(C)(C)CC[C@H]1OC(n2cnc3c(N)ccnc32)[C@H](I)[C@@H]1O.C=P(C)(C)CC[C@H]1OC(n2cnc3c(N)nc(CC)nc32)[C@H](O)[C@@H]1O.C=P(C)(C)CC[C@H]1OC(n2cnc3c(N)nc(CCC)nc32)[C@H](O)[C@@H]1O.C=P(C)(O)CC[C@H]1OC(n2cnc3c(N)ccnc32)[C@H](C)[C@@H]1O.C=P(C)(O)CC[C@H]1OC(n2cnc3c(N)ccnc32)[C@H](OC)[C@@H]1O. The highest BCUT2D eigenvalue weighted by Gasteiger charge is 2.51. The summed E-state index contributed by atoms with van der Waals surface area (Å²) in [5.74, 6) is 1.72. The van der Waals surface area contributed by atoms with Crippen LogP contribution >= 0.6 is 80.3 Å². The van der Waals surface area contributed by atoms with E-state index in [2.05, 4.69) is 199 Å². The lowest BCUT2D eigenvalue weighted by molar-refractivity contribution is -0.0496. The van der Waals surface area contributed by atoms with Crippen molar-refractivity contribution in [1.82, 2.24) is 97.2 Å². The molecule has 6 saturated heterocycles. The molecular weight excluding hydrogens is 2150 g/mol. The van der Waals surface area contributed by atoms with Crippen molar-refractivity contribution in [3.8, 4) is 0 Å². The Morgan fingerprint density at radius 2 is 0.653 bits per heavy atom. The van der Waals surface area contributed by atoms with E-state index < -0.39 is 134 Å². The fraction of sp³-hybridized carbons (Fsp3) is 0.570. The molecule has 12 aromatic heterocycles. The molecule has 0 aliphatic carbocycles. The van der Waals surface area contributed by atoms with Crippen molar-refractivity contribution < 1.29 is 83.8 Å². The van der Waals surface area contributed by atoms with Crippen molar-refractivity contribution in [3.05, 3.63) is 98.7 Å². The third-order valence-corrected chi connectivity index (χ3v) is 36.5. The molecule has 0 aromatic carbocycles. The number of nitrogens with two attached hydrogens (primary N) is 6. The first-order chi connectivity index (χ1) is 67.6. The predicted octanol–water partition coefficient (Wildman–Crippen LogP) is 8.03. The standard InChI is InChI=1S/C17H28N5O3P.C16H26N5O3P.C15H22BrN4O2P.C15H22IN4O2P.C15H23N4O4P.C15H23N4O3P/c1-5-6-11-20-15(18)12-16(21-11)22(9-19-12)17-14(24)13(23)10(25-17)7-8-26(2,3)4;1-5-10-19-14(17)11-15(20-10)21(8-18-11)16-13(23)12(22)9(24-16)6-7-25(2,3)4;2*1-23(2,3)7-5-10-13(21)11(16)15(22-10)20-8-19-12-9(17)4-6-18-14(12)20;1-22-13-12(20)10(5-7-24(2,3)21)23-15(13)19-8-18-11-9(16)4-6-17-14(11)19;1-9-13(20)11(5-7-23(2,3)21)22-15(9)19-8-18-12-10(16)4-6-17-14(12)19/h9-10,13-14,17,23-24H,2,5-8H2,1,3-4H3,(H2,18,20,21);8-9,12-13,16,22-23H,2,5-7H2,1,3-4H3,(H2,17,19,20);2*4,6,8,10-11,13,15,21H,1,5,7H2,2-3H3,(H2,17,18);4,6,8,10,12-13,15,20-21H,2,5,7H2,1,3H3,(H2,16,17);4,6,8-9,11,13,15,20-21H,2,5,7H2,1,3H3,(H2,16,17)/t10-,13-,14-,17?;9-,12-,13-,16?;2*10-,11-,13-,15?;10-,12-,13-,15?,24?;9-,11-,13+,15?,23?/m111111/s1. The maximum Gasteiger partial charge on any atom is 0.167 e. The van der Waals surface area contributed by atoms with E-state index in [9.17, 15) is 50.6 Å². The molecule has 6 aliphatic rings. The number of methoxy groups -OCH3 is 1. The van der Waals surface area contributed by atoms with E-state index in [1.54, 1.807) is 101 Å². The lowest BCUT2D eigenvalue weighted by atomic mass is 10.0. The van der Waals surface area contributed by atoms with Gasteiger partial charge in [-0.25, -0.2) is 69.8 Å². The molecular formula is C93H144BrIN26O17P6. The smallest absolute Gasteiger partial charge is 0.167 e. The Morgan fingerprint density at radius 3 is 1.02 bits per heavy atom. The van der Waals surface area contributed by atoms with Crippen molar-refractivity contribution in [1.29, 1.82) is 0 Å². The molecule has 6 aliphatic heterocycles. The maximum absolute atomic E-state index is 10.5. The molecule has 0 radical (unpaired) electrons. The van der Waals surface area contributed by atoms with Gasteiger partial charge in [-0.15, -0.1) is 52.7 Å². The van der Waals surface area contributed by atoms with Crippen LogP contribution in [0.4, 0.5) is 34.4 Å². The normalized spacial score (nSPS) is 28.5. The van der Waals surface area contributed by atoms with E-state index in [1.807, 2.05) is 34.5 Å². The zero-order valence-corrected chi connectivity index (χ0v) is 93.1. The van der Waals surface area contributed by atoms with E-state index in [0.29, 0.717) is 164 Å². The number of halogens is 2. The number of hydrogen-bond acceptors (Lipinski definition) is 37. The molecule has 26 atom stereocenters. The van der Waals surface area contributed by atoms with Gasteiger partial charge in [0.2, 0.25) is 0 Å². The van der Waals surface area contributed by atoms with E-state index in [1.165, 1.54) is 19.8 Å². The number of pyridine rings is 4. The van der Waals surface area contributed by atoms with Crippen molar-refractivity contribution >= 4 is 219 Å². The van der Waals surface area contributed by atoms with Crippen LogP contribution in [0, 0.1) is 5.92 Å². The van der Waals surface area contributed by atoms with Crippen LogP contribution in [0.2, 0.25) is 0 Å². The molecule has 0 bridgehead atoms. The summed E-state index contributed by atoms with van der Waals surface area (Å²) in [7, 11) is -2.78. The summed E-state index contributed by atoms with van der Waals surface area (Å²) in [6.45, 7) is 22.0. The number of aromatic nitrogens is 20. The molecule has 12 aromatic rings. The van der Waals surface area contributed by atoms with Gasteiger partial charge in [-0.05, 0) is 187 Å². The highest BCUT2D eigenvalue weighted by atomic mass is 127. The monoisotopic (exact) mass is 2290 g/mol. The number of imidazole rings is 6. The van der Waals surface area contributed by atoms with Gasteiger partial charge in [0.25, 0.3) is 0 Å². The average Bonchev–Trinajstić information content (AvgIpc) is 1.63. The second-order valence-electron chi connectivity index (χ2n) is 41.0. The van der Waals surface area contributed by atoms with E-state index in [4.69, 9.17) is 67.6 Å². The fourth-order valence-electron chi connectivity index (χ4n) is 17.7. The molecule has 0 saturated carbocycles. The number of fused-ring (bicyclic) bond motifs is 6. The number of rotatable bonds is 28. The maximum atomic E-state index is 10.5. The largest absolute Gasteiger partial charge is 0.397 e. The highest BCUT2D eigenvalue weighted by Crippen LogP contribution is 2.49. The molecule has 6 fully saturated rings. The predicted molar refractivity (Wildman–Crippen MR) is 597 cm³/mol. The summed E-state index contributed by atoms with van der Waals surface area (Å²) in [6.07, 6.45) is 39.4. The minimum Gasteiger partial charge on any atom is -0.397 e. The molecule has 51 heteroatoms. The Bertz CT molecular complexity index is 6440. The molecule has 18 heterocycles. The first kappa shape index (κ1) is 114. The van der Waals surface area contributed by atoms with Gasteiger partial charge in [-0.1, -0.05) is 71.9 Å². The lowest BCUT2D eigenvalue weighted by Gasteiger charge is -2.19. The number of alkyl halides is 2. The van der Waals surface area contributed by atoms with Gasteiger partial charge in [-0.3, -0.25) is 27.4 Å². The Kier molecular flexibility index (Phi) is 37.2. The molecule has 0 spiro atoms. The number of ether oxygens (including phenoxy) is 7. The number of nitrogens with zero attached hydrogens (tertiary/aromatic N) is 20. The summed E-state index contributed by atoms with van der Waals surface area (Å²) in [6, 6.07) is 6.84. The van der Waals surface area contributed by atoms with E-state index in [0.717, 1.165) is 43.9 Å². The summed E-state index contributed by atoms with van der Waals surface area (Å²) >= 11 is 5.82. The van der Waals surface area contributed by atoms with Gasteiger partial charge in [0.05, 0.1) is 124 Å². The molecule has 792 valence electrons. The Balaban J connectivity index is 0.000000145. The van der Waals surface area contributed by atoms with Crippen LogP contribution in [0.3, 0.4) is 0 Å². The number of aliphatic hydroxyl groups excluding tert-OH is 8. The van der Waals surface area contributed by atoms with Crippen LogP contribution in [-0.4, -0.2) is 397 Å². The van der Waals surface area contributed by atoms with Crippen LogP contribution in [0.1, 0.15) is 115 Å². The van der Waals surface area contributed by atoms with Crippen molar-refractivity contribution in [2.45, 2.75) is 216 Å². The molecule has 22 N–H and O–H groups in total. The van der Waals surface area contributed by atoms with Crippen LogP contribution in [-0.2, 0) is 46.0 Å². The average molecular weight is 2290 g/mol. The molecule has 0 amide bonds. The number of hydrogen-bond donors (Lipinski definition) is 16. The second-order valence-corrected chi connectivity index (χ2v) is 67.0. The van der Waals surface area contributed by atoms with Gasteiger partial charge in [0, 0.05) is 50.7 Å². The topological polar surface area (TPSA) is 633 Å². The van der Waals surface area contributed by atoms with Gasteiger partial charge in [-0.2, -0.15) is 0 Å². The number of aliphatic hydroxyl groups is 8. The molecule has 8 unspecified atom stereocenters. The number of nitrogen functional groups attached to an aromatic ring is 6. The lowest BCUT2D eigenvalue weighted by Crippen LogP contribution is -2.33. The Hall–Kier alpha value is -7.29. The van der Waals surface area contributed by atoms with Crippen LogP contribution in [0.5, 0.6) is 0 Å². The molecule has 18 rings (SSSR count). The number of anilines is 6. The van der Waals surface area contributed by atoms with Gasteiger partial charge in [0.15, 0.2) is 76.7 Å². The summed E-state index contributed by atoms with van der Waals surface area (Å²) in [5.41, 5.74) is 45.0. The zero-order chi connectivity index (χ0) is 105. The van der Waals surface area contributed by atoms with Crippen LogP contribution in [0.15, 0.2) is 87.0 Å². The first-order valence-corrected chi connectivity index (χ1v) is 67.1. The van der Waals surface area contributed by atoms with Crippen LogP contribution < -0.4 is 34.4 Å². The summed E-state index contributed by atoms with van der Waals surface area (Å²) in [5, 5.41) is 83.8. The van der Waals surface area contributed by atoms with Gasteiger partial charge in [0.1, 0.15) is 87.6 Å². The minimum absolute atomic E-state index is 0.0653. The molecule has 144 heavy (non-hydrogen) atoms. The first-order valence-electron chi connectivity index (χ1n) is 47.6. The van der Waals surface area contributed by atoms with Gasteiger partial charge < -0.3 is 118 Å². The van der Waals surface area contributed by atoms with E-state index >= 15 is 0 Å². The number of aryl methyl sites for hydroxylation is 2. The quantitative estimate of drug-likeness (QED) is 0.0125.